The Labute approximate surface area is 129 Å². The minimum Gasteiger partial charge on any atom is -0.310 e. The SMILES string of the molecule is CCCc1cccc(C(NCC)C(C)c2ccccc2)c1. The summed E-state index contributed by atoms with van der Waals surface area (Å²) in [5, 5.41) is 3.67. The van der Waals surface area contributed by atoms with Crippen LogP contribution in [0.5, 0.6) is 0 Å². The first-order chi connectivity index (χ1) is 10.3. The molecule has 0 saturated heterocycles. The molecule has 2 aromatic carbocycles. The van der Waals surface area contributed by atoms with Crippen LogP contribution in [-0.2, 0) is 6.42 Å². The van der Waals surface area contributed by atoms with E-state index in [-0.39, 0.29) is 0 Å². The van der Waals surface area contributed by atoms with Gasteiger partial charge < -0.3 is 5.32 Å². The van der Waals surface area contributed by atoms with E-state index in [1.165, 1.54) is 23.1 Å². The lowest BCUT2D eigenvalue weighted by Gasteiger charge is -2.26. The molecule has 21 heavy (non-hydrogen) atoms. The molecule has 0 bridgehead atoms. The second-order valence-corrected chi connectivity index (χ2v) is 5.73. The molecule has 2 unspecified atom stereocenters. The number of aryl methyl sites for hydroxylation is 1. The van der Waals surface area contributed by atoms with Crippen LogP contribution in [0.3, 0.4) is 0 Å². The van der Waals surface area contributed by atoms with Crippen molar-refractivity contribution in [2.24, 2.45) is 0 Å². The van der Waals surface area contributed by atoms with E-state index in [4.69, 9.17) is 0 Å². The molecule has 0 aliphatic rings. The van der Waals surface area contributed by atoms with Crippen LogP contribution in [-0.4, -0.2) is 6.54 Å². The van der Waals surface area contributed by atoms with Crippen LogP contribution in [0, 0.1) is 0 Å². The maximum atomic E-state index is 3.67. The summed E-state index contributed by atoms with van der Waals surface area (Å²) in [6.07, 6.45) is 2.36. The second-order valence-electron chi connectivity index (χ2n) is 5.73. The lowest BCUT2D eigenvalue weighted by Crippen LogP contribution is -2.25. The molecule has 0 fully saturated rings. The molecule has 0 aliphatic carbocycles. The summed E-state index contributed by atoms with van der Waals surface area (Å²) in [5.74, 6) is 0.461. The highest BCUT2D eigenvalue weighted by molar-refractivity contribution is 5.30. The van der Waals surface area contributed by atoms with Gasteiger partial charge in [0, 0.05) is 12.0 Å². The van der Waals surface area contributed by atoms with Gasteiger partial charge in [0.2, 0.25) is 0 Å². The van der Waals surface area contributed by atoms with E-state index in [1.54, 1.807) is 0 Å². The quantitative estimate of drug-likeness (QED) is 0.745. The van der Waals surface area contributed by atoms with Gasteiger partial charge in [-0.25, -0.2) is 0 Å². The highest BCUT2D eigenvalue weighted by atomic mass is 14.9. The average molecular weight is 281 g/mol. The van der Waals surface area contributed by atoms with E-state index in [9.17, 15) is 0 Å². The molecule has 1 nitrogen and oxygen atoms in total. The first kappa shape index (κ1) is 15.8. The van der Waals surface area contributed by atoms with Gasteiger partial charge in [0.1, 0.15) is 0 Å². The highest BCUT2D eigenvalue weighted by Crippen LogP contribution is 2.31. The topological polar surface area (TPSA) is 12.0 Å². The molecule has 0 aromatic heterocycles. The van der Waals surface area contributed by atoms with Crippen LogP contribution in [0.15, 0.2) is 54.6 Å². The lowest BCUT2D eigenvalue weighted by molar-refractivity contribution is 0.479. The smallest absolute Gasteiger partial charge is 0.0386 e. The third kappa shape index (κ3) is 4.18. The Bertz CT molecular complexity index is 533. The van der Waals surface area contributed by atoms with Crippen molar-refractivity contribution in [3.05, 3.63) is 71.3 Å². The Morgan fingerprint density at radius 2 is 1.62 bits per heavy atom. The second kappa shape index (κ2) is 7.99. The largest absolute Gasteiger partial charge is 0.310 e. The summed E-state index contributed by atoms with van der Waals surface area (Å²) < 4.78 is 0. The summed E-state index contributed by atoms with van der Waals surface area (Å²) in [5.41, 5.74) is 4.24. The van der Waals surface area contributed by atoms with E-state index in [0.717, 1.165) is 13.0 Å². The van der Waals surface area contributed by atoms with Gasteiger partial charge in [0.05, 0.1) is 0 Å². The molecule has 2 atom stereocenters. The van der Waals surface area contributed by atoms with Crippen LogP contribution in [0.2, 0.25) is 0 Å². The molecule has 0 heterocycles. The fraction of sp³-hybridized carbons (Fsp3) is 0.400. The molecule has 0 spiro atoms. The first-order valence-electron chi connectivity index (χ1n) is 8.13. The zero-order valence-corrected chi connectivity index (χ0v) is 13.5. The van der Waals surface area contributed by atoms with Gasteiger partial charge >= 0.3 is 0 Å². The van der Waals surface area contributed by atoms with Gasteiger partial charge in [0.15, 0.2) is 0 Å². The van der Waals surface area contributed by atoms with Gasteiger partial charge in [-0.05, 0) is 29.7 Å². The number of hydrogen-bond donors (Lipinski definition) is 1. The van der Waals surface area contributed by atoms with Crippen LogP contribution in [0.4, 0.5) is 0 Å². The fourth-order valence-corrected chi connectivity index (χ4v) is 2.98. The monoisotopic (exact) mass is 281 g/mol. The summed E-state index contributed by atoms with van der Waals surface area (Å²) >= 11 is 0. The Morgan fingerprint density at radius 1 is 0.905 bits per heavy atom. The van der Waals surface area contributed by atoms with E-state index in [2.05, 4.69) is 80.7 Å². The number of hydrogen-bond acceptors (Lipinski definition) is 1. The zero-order chi connectivity index (χ0) is 15.1. The molecule has 0 amide bonds. The molecule has 112 valence electrons. The lowest BCUT2D eigenvalue weighted by atomic mass is 9.87. The minimum atomic E-state index is 0.370. The van der Waals surface area contributed by atoms with Crippen molar-refractivity contribution in [3.63, 3.8) is 0 Å². The van der Waals surface area contributed by atoms with Gasteiger partial charge in [-0.3, -0.25) is 0 Å². The van der Waals surface area contributed by atoms with Crippen molar-refractivity contribution in [1.29, 1.82) is 0 Å². The Kier molecular flexibility index (Phi) is 6.01. The molecule has 0 radical (unpaired) electrons. The van der Waals surface area contributed by atoms with Crippen molar-refractivity contribution < 1.29 is 0 Å². The van der Waals surface area contributed by atoms with E-state index >= 15 is 0 Å². The van der Waals surface area contributed by atoms with Crippen molar-refractivity contribution in [2.75, 3.05) is 6.54 Å². The Morgan fingerprint density at radius 3 is 2.29 bits per heavy atom. The Balaban J connectivity index is 2.27. The predicted molar refractivity (Wildman–Crippen MR) is 91.7 cm³/mol. The van der Waals surface area contributed by atoms with Crippen molar-refractivity contribution in [1.82, 2.24) is 5.32 Å². The fourth-order valence-electron chi connectivity index (χ4n) is 2.98. The highest BCUT2D eigenvalue weighted by Gasteiger charge is 2.19. The standard InChI is InChI=1S/C20H27N/c1-4-10-17-11-9-14-19(15-17)20(21-5-2)16(3)18-12-7-6-8-13-18/h6-9,11-16,20-21H,4-5,10H2,1-3H3. The normalized spacial score (nSPS) is 13.9. The summed E-state index contributed by atoms with van der Waals surface area (Å²) in [6, 6.07) is 20.2. The zero-order valence-electron chi connectivity index (χ0n) is 13.5. The molecule has 0 saturated carbocycles. The number of rotatable bonds is 7. The van der Waals surface area contributed by atoms with Crippen LogP contribution < -0.4 is 5.32 Å². The number of nitrogens with one attached hydrogen (secondary N) is 1. The van der Waals surface area contributed by atoms with Crippen LogP contribution in [0.1, 0.15) is 55.8 Å². The maximum absolute atomic E-state index is 3.67. The predicted octanol–water partition coefficient (Wildman–Crippen LogP) is 5.09. The molecule has 1 N–H and O–H groups in total. The first-order valence-corrected chi connectivity index (χ1v) is 8.13. The summed E-state index contributed by atoms with van der Waals surface area (Å²) in [6.45, 7) is 7.72. The van der Waals surface area contributed by atoms with Crippen molar-refractivity contribution in [2.45, 2.75) is 45.6 Å². The van der Waals surface area contributed by atoms with Crippen molar-refractivity contribution in [3.8, 4) is 0 Å². The van der Waals surface area contributed by atoms with Gasteiger partial charge in [-0.1, -0.05) is 81.8 Å². The molecule has 2 aromatic rings. The molecule has 2 rings (SSSR count). The number of likely N-dealkylation sites (N-methyl/N-ethyl adjacent to an activating group) is 1. The maximum Gasteiger partial charge on any atom is 0.0386 e. The average Bonchev–Trinajstić information content (AvgIpc) is 2.53. The van der Waals surface area contributed by atoms with Gasteiger partial charge in [0.25, 0.3) is 0 Å². The number of benzene rings is 2. The molecule has 1 heteroatoms. The van der Waals surface area contributed by atoms with Gasteiger partial charge in [-0.15, -0.1) is 0 Å². The third-order valence-electron chi connectivity index (χ3n) is 4.10. The van der Waals surface area contributed by atoms with Crippen molar-refractivity contribution >= 4 is 0 Å². The molecular weight excluding hydrogens is 254 g/mol. The van der Waals surface area contributed by atoms with Gasteiger partial charge in [-0.2, -0.15) is 0 Å². The minimum absolute atomic E-state index is 0.370. The molecule has 0 aliphatic heterocycles. The van der Waals surface area contributed by atoms with E-state index in [0.29, 0.717) is 12.0 Å². The van der Waals surface area contributed by atoms with E-state index < -0.39 is 0 Å². The van der Waals surface area contributed by atoms with Crippen LogP contribution >= 0.6 is 0 Å². The van der Waals surface area contributed by atoms with Crippen LogP contribution in [0.25, 0.3) is 0 Å². The van der Waals surface area contributed by atoms with E-state index in [1.807, 2.05) is 0 Å². The summed E-state index contributed by atoms with van der Waals surface area (Å²) in [7, 11) is 0. The third-order valence-corrected chi connectivity index (χ3v) is 4.10. The summed E-state index contributed by atoms with van der Waals surface area (Å²) in [4.78, 5) is 0. The Hall–Kier alpha value is -1.60. The molecular formula is C20H27N.